The summed E-state index contributed by atoms with van der Waals surface area (Å²) in [4.78, 5) is 0. The predicted molar refractivity (Wildman–Crippen MR) is 43.6 cm³/mol. The Morgan fingerprint density at radius 3 is 0.941 bits per heavy atom. The van der Waals surface area contributed by atoms with Crippen LogP contribution in [0.15, 0.2) is 0 Å². The molecule has 0 unspecified atom stereocenters. The van der Waals surface area contributed by atoms with Gasteiger partial charge in [-0.1, -0.05) is 0 Å². The SMILES string of the molecule is C1COCC[N-]1.[C-]#[O+].[C-]#[O+].[C-]#[O+].[C-]#[O+].[C-]#[O+].[Cr+6]. The first kappa shape index (κ1) is 36.0. The van der Waals surface area contributed by atoms with E-state index in [4.69, 9.17) is 28.0 Å². The molecule has 0 aromatic carbocycles. The Morgan fingerprint density at radius 1 is 0.647 bits per heavy atom. The van der Waals surface area contributed by atoms with Crippen molar-refractivity contribution in [2.24, 2.45) is 0 Å². The van der Waals surface area contributed by atoms with Gasteiger partial charge in [-0.3, -0.25) is 0 Å². The minimum Gasteiger partial charge on any atom is 6.00 e. The molecule has 0 atom stereocenters. The largest absolute Gasteiger partial charge is 6.00 e. The summed E-state index contributed by atoms with van der Waals surface area (Å²) in [7, 11) is 0. The van der Waals surface area contributed by atoms with Crippen LogP contribution in [0, 0.1) is 33.3 Å². The minimum absolute atomic E-state index is 0. The molecule has 0 spiro atoms. The third kappa shape index (κ3) is 98.7. The van der Waals surface area contributed by atoms with Crippen molar-refractivity contribution in [2.75, 3.05) is 26.3 Å². The Kier molecular flexibility index (Phi) is 242. The molecule has 1 saturated heterocycles. The van der Waals surface area contributed by atoms with Gasteiger partial charge in [0.15, 0.2) is 0 Å². The number of rotatable bonds is 0. The second-order valence-electron chi connectivity index (χ2n) is 1.28. The maximum Gasteiger partial charge on any atom is 6.00 e. The van der Waals surface area contributed by atoms with Crippen LogP contribution >= 0.6 is 0 Å². The van der Waals surface area contributed by atoms with E-state index >= 15 is 0 Å². The molecule has 1 fully saturated rings. The van der Waals surface area contributed by atoms with Crippen molar-refractivity contribution < 1.29 is 45.4 Å². The summed E-state index contributed by atoms with van der Waals surface area (Å²) in [6.07, 6.45) is 0. The normalized spacial score (nSPS) is 9.06. The first-order valence-corrected chi connectivity index (χ1v) is 3.23. The van der Waals surface area contributed by atoms with Crippen molar-refractivity contribution in [1.82, 2.24) is 0 Å². The maximum atomic E-state index is 7.50. The summed E-state index contributed by atoms with van der Waals surface area (Å²) in [6.45, 7) is 26.0. The maximum absolute atomic E-state index is 7.50. The molecular weight excluding hydrogens is 270 g/mol. The molecule has 0 radical (unpaired) electrons. The molecule has 8 heteroatoms. The number of morpholine rings is 1. The Labute approximate surface area is 111 Å². The molecule has 1 heterocycles. The molecule has 0 saturated carbocycles. The summed E-state index contributed by atoms with van der Waals surface area (Å²) in [5.74, 6) is 0. The van der Waals surface area contributed by atoms with Crippen LogP contribution in [0.1, 0.15) is 0 Å². The van der Waals surface area contributed by atoms with Gasteiger partial charge in [0.2, 0.25) is 0 Å². The van der Waals surface area contributed by atoms with Crippen LogP contribution in [0.2, 0.25) is 0 Å². The summed E-state index contributed by atoms with van der Waals surface area (Å²) >= 11 is 0. The van der Waals surface area contributed by atoms with Crippen LogP contribution in [0.5, 0.6) is 0 Å². The molecule has 86 valence electrons. The van der Waals surface area contributed by atoms with Crippen molar-refractivity contribution in [3.8, 4) is 0 Å². The molecule has 0 amide bonds. The van der Waals surface area contributed by atoms with Crippen molar-refractivity contribution in [3.05, 3.63) is 38.6 Å². The molecule has 0 aliphatic carbocycles. The molecule has 1 aliphatic heterocycles. The Morgan fingerprint density at radius 2 is 0.882 bits per heavy atom. The van der Waals surface area contributed by atoms with Crippen LogP contribution < -0.4 is 0 Å². The summed E-state index contributed by atoms with van der Waals surface area (Å²) in [6, 6.07) is 0. The van der Waals surface area contributed by atoms with E-state index in [0.29, 0.717) is 0 Å². The van der Waals surface area contributed by atoms with E-state index < -0.39 is 0 Å². The van der Waals surface area contributed by atoms with Gasteiger partial charge < -0.3 is 10.1 Å². The van der Waals surface area contributed by atoms with Crippen LogP contribution in [0.25, 0.3) is 5.32 Å². The third-order valence-corrected chi connectivity index (χ3v) is 0.787. The standard InChI is InChI=1S/C4H8NO.5CO.Cr/c1-3-6-4-2-5-1;5*1-2;/h1-4H2;;;;;;/q-1;;;;;;+6. The quantitative estimate of drug-likeness (QED) is 0.456. The third-order valence-electron chi connectivity index (χ3n) is 0.787. The molecule has 0 bridgehead atoms. The van der Waals surface area contributed by atoms with E-state index in [1.165, 1.54) is 0 Å². The molecule has 1 rings (SSSR count). The molecule has 0 N–H and O–H groups in total. The van der Waals surface area contributed by atoms with E-state index in [0.717, 1.165) is 26.3 Å². The Bertz CT molecular complexity index is 136. The zero-order valence-electron chi connectivity index (χ0n) is 8.63. The topological polar surface area (TPSA) is 123 Å². The van der Waals surface area contributed by atoms with Gasteiger partial charge in [0.25, 0.3) is 0 Å². The van der Waals surface area contributed by atoms with Crippen LogP contribution in [0.4, 0.5) is 0 Å². The van der Waals surface area contributed by atoms with E-state index in [1.54, 1.807) is 0 Å². The van der Waals surface area contributed by atoms with Crippen molar-refractivity contribution >= 4 is 0 Å². The first-order chi connectivity index (χ1) is 8.00. The molecule has 1 aliphatic rings. The number of ether oxygens (including phenoxy) is 1. The monoisotopic (exact) mass is 278 g/mol. The van der Waals surface area contributed by atoms with Crippen LogP contribution in [-0.2, 0) is 45.4 Å². The predicted octanol–water partition coefficient (Wildman–Crippen LogP) is 0.200. The average Bonchev–Trinajstić information content (AvgIpc) is 2.51. The number of hydrogen-bond donors (Lipinski definition) is 0. The number of nitrogens with zero attached hydrogens (tertiary/aromatic N) is 1. The van der Waals surface area contributed by atoms with Crippen molar-refractivity contribution in [3.63, 3.8) is 0 Å². The van der Waals surface area contributed by atoms with E-state index in [-0.39, 0.29) is 17.4 Å². The van der Waals surface area contributed by atoms with Gasteiger partial charge in [-0.15, -0.1) is 13.1 Å². The molecule has 17 heavy (non-hydrogen) atoms. The Hall–Kier alpha value is -0.848. The van der Waals surface area contributed by atoms with Gasteiger partial charge in [0.05, 0.1) is 0 Å². The van der Waals surface area contributed by atoms with Gasteiger partial charge in [0, 0.05) is 13.2 Å². The summed E-state index contributed by atoms with van der Waals surface area (Å²) in [5.41, 5.74) is 0. The van der Waals surface area contributed by atoms with Crippen LogP contribution in [-0.4, -0.2) is 26.3 Å². The molecule has 0 aromatic heterocycles. The molecular formula is C9H8CrNO6+5. The summed E-state index contributed by atoms with van der Waals surface area (Å²) < 4.78 is 42.5. The average molecular weight is 278 g/mol. The van der Waals surface area contributed by atoms with Crippen molar-refractivity contribution in [2.45, 2.75) is 0 Å². The zero-order chi connectivity index (χ0) is 14.2. The van der Waals surface area contributed by atoms with Crippen molar-refractivity contribution in [1.29, 1.82) is 0 Å². The fourth-order valence-electron chi connectivity index (χ4n) is 0.472. The fraction of sp³-hybridized carbons (Fsp3) is 0.444. The smallest absolute Gasteiger partial charge is 6.00 e. The van der Waals surface area contributed by atoms with Gasteiger partial charge >= 0.3 is 73.9 Å². The van der Waals surface area contributed by atoms with Crippen LogP contribution in [0.3, 0.4) is 0 Å². The zero-order valence-corrected chi connectivity index (χ0v) is 9.91. The van der Waals surface area contributed by atoms with E-state index in [9.17, 15) is 0 Å². The first-order valence-electron chi connectivity index (χ1n) is 3.23. The fourth-order valence-corrected chi connectivity index (χ4v) is 0.472. The number of hydrogen-bond acceptors (Lipinski definition) is 1. The molecule has 0 aromatic rings. The van der Waals surface area contributed by atoms with E-state index in [2.05, 4.69) is 38.6 Å². The van der Waals surface area contributed by atoms with Gasteiger partial charge in [0.1, 0.15) is 0 Å². The van der Waals surface area contributed by atoms with Gasteiger partial charge in [-0.2, -0.15) is 0 Å². The van der Waals surface area contributed by atoms with Gasteiger partial charge in [-0.25, -0.2) is 0 Å². The Balaban J connectivity index is -0.0000000242. The summed E-state index contributed by atoms with van der Waals surface area (Å²) in [5, 5.41) is 4.05. The minimum atomic E-state index is 0. The van der Waals surface area contributed by atoms with Gasteiger partial charge in [-0.05, 0) is 0 Å². The van der Waals surface area contributed by atoms with E-state index in [1.807, 2.05) is 0 Å². The molecule has 7 nitrogen and oxygen atoms in total. The second-order valence-corrected chi connectivity index (χ2v) is 1.28. The second kappa shape index (κ2) is 114.